The van der Waals surface area contributed by atoms with Crippen LogP contribution in [0.3, 0.4) is 0 Å². The zero-order valence-corrected chi connectivity index (χ0v) is 19.0. The molecule has 7 nitrogen and oxygen atoms in total. The lowest BCUT2D eigenvalue weighted by molar-refractivity contribution is 0.579. The van der Waals surface area contributed by atoms with Gasteiger partial charge < -0.3 is 14.8 Å². The molecule has 0 radical (unpaired) electrons. The Kier molecular flexibility index (Phi) is 4.75. The van der Waals surface area contributed by atoms with E-state index >= 15 is 0 Å². The first-order chi connectivity index (χ1) is 16.2. The Labute approximate surface area is 192 Å². The highest BCUT2D eigenvalue weighted by molar-refractivity contribution is 5.99. The van der Waals surface area contributed by atoms with Crippen molar-refractivity contribution in [1.82, 2.24) is 25.1 Å². The van der Waals surface area contributed by atoms with Crippen molar-refractivity contribution in [3.05, 3.63) is 55.0 Å². The number of nitrogens with one attached hydrogen (secondary N) is 2. The topological polar surface area (TPSA) is 76.7 Å². The molecular weight excluding hydrogens is 410 g/mol. The van der Waals surface area contributed by atoms with Crippen LogP contribution >= 0.6 is 0 Å². The number of fused-ring (bicyclic) bond motifs is 2. The number of aromatic nitrogens is 5. The van der Waals surface area contributed by atoms with Crippen LogP contribution in [0.25, 0.3) is 44.5 Å². The molecule has 1 aromatic carbocycles. The molecule has 4 aromatic heterocycles. The maximum atomic E-state index is 4.66. The molecule has 1 aliphatic rings. The fraction of sp³-hybridized carbons (Fsp3) is 0.269. The molecule has 0 unspecified atom stereocenters. The van der Waals surface area contributed by atoms with Crippen molar-refractivity contribution < 1.29 is 0 Å². The van der Waals surface area contributed by atoms with Gasteiger partial charge in [0.15, 0.2) is 0 Å². The van der Waals surface area contributed by atoms with Crippen LogP contribution in [0.1, 0.15) is 19.3 Å². The quantitative estimate of drug-likeness (QED) is 0.403. The predicted molar refractivity (Wildman–Crippen MR) is 135 cm³/mol. The predicted octanol–water partition coefficient (Wildman–Crippen LogP) is 5.22. The van der Waals surface area contributed by atoms with Crippen LogP contribution in [0.15, 0.2) is 55.0 Å². The van der Waals surface area contributed by atoms with Crippen LogP contribution < -0.4 is 9.80 Å². The fourth-order valence-electron chi connectivity index (χ4n) is 4.78. The Hall–Kier alpha value is -3.87. The average Bonchev–Trinajstić information content (AvgIpc) is 3.48. The summed E-state index contributed by atoms with van der Waals surface area (Å²) in [6.07, 6.45) is 9.50. The minimum absolute atomic E-state index is 0.906. The summed E-state index contributed by atoms with van der Waals surface area (Å²) in [4.78, 5) is 17.1. The third-order valence-corrected chi connectivity index (χ3v) is 6.60. The molecule has 7 heteroatoms. The maximum absolute atomic E-state index is 4.66. The van der Waals surface area contributed by atoms with E-state index in [1.54, 1.807) is 0 Å². The van der Waals surface area contributed by atoms with Gasteiger partial charge in [0.25, 0.3) is 0 Å². The lowest BCUT2D eigenvalue weighted by atomic mass is 10.0. The van der Waals surface area contributed by atoms with E-state index in [2.05, 4.69) is 71.3 Å². The van der Waals surface area contributed by atoms with E-state index < -0.39 is 0 Å². The van der Waals surface area contributed by atoms with Gasteiger partial charge in [-0.25, -0.2) is 4.98 Å². The number of H-pyrrole nitrogens is 2. The summed E-state index contributed by atoms with van der Waals surface area (Å²) in [6.45, 7) is 2.21. The first kappa shape index (κ1) is 19.8. The second-order valence-corrected chi connectivity index (χ2v) is 8.98. The summed E-state index contributed by atoms with van der Waals surface area (Å²) < 4.78 is 0. The molecule has 6 rings (SSSR count). The lowest BCUT2D eigenvalue weighted by Gasteiger charge is -2.29. The van der Waals surface area contributed by atoms with Crippen molar-refractivity contribution >= 4 is 33.3 Å². The number of piperidine rings is 1. The molecule has 0 spiro atoms. The van der Waals surface area contributed by atoms with Gasteiger partial charge in [-0.05, 0) is 55.2 Å². The van der Waals surface area contributed by atoms with Gasteiger partial charge in [-0.1, -0.05) is 6.07 Å². The van der Waals surface area contributed by atoms with Gasteiger partial charge in [0.05, 0.1) is 23.1 Å². The molecule has 1 fully saturated rings. The molecule has 0 aliphatic carbocycles. The SMILES string of the molecule is CN(C)c1cncc(-c2ccc3[nH]nc(-c4cc5c(N6CCCCC6)ccnc5[nH]4)c3c2)c1. The van der Waals surface area contributed by atoms with Crippen LogP contribution in [-0.4, -0.2) is 52.3 Å². The highest BCUT2D eigenvalue weighted by Crippen LogP contribution is 2.35. The highest BCUT2D eigenvalue weighted by atomic mass is 15.1. The van der Waals surface area contributed by atoms with Crippen molar-refractivity contribution in [2.45, 2.75) is 19.3 Å². The number of hydrogen-bond donors (Lipinski definition) is 2. The third kappa shape index (κ3) is 3.50. The summed E-state index contributed by atoms with van der Waals surface area (Å²) in [5.41, 5.74) is 8.33. The molecule has 2 N–H and O–H groups in total. The Balaban J connectivity index is 1.44. The van der Waals surface area contributed by atoms with Crippen molar-refractivity contribution in [3.63, 3.8) is 0 Å². The minimum atomic E-state index is 0.906. The smallest absolute Gasteiger partial charge is 0.139 e. The Morgan fingerprint density at radius 2 is 1.79 bits per heavy atom. The molecule has 5 aromatic rings. The third-order valence-electron chi connectivity index (χ3n) is 6.60. The molecule has 0 amide bonds. The van der Waals surface area contributed by atoms with E-state index in [4.69, 9.17) is 0 Å². The number of aromatic amines is 2. The van der Waals surface area contributed by atoms with E-state index in [9.17, 15) is 0 Å². The molecule has 1 saturated heterocycles. The molecule has 1 aliphatic heterocycles. The van der Waals surface area contributed by atoms with Crippen molar-refractivity contribution in [2.75, 3.05) is 37.0 Å². The largest absolute Gasteiger partial charge is 0.376 e. The summed E-state index contributed by atoms with van der Waals surface area (Å²) in [5, 5.41) is 10.1. The second-order valence-electron chi connectivity index (χ2n) is 8.98. The molecule has 0 bridgehead atoms. The number of anilines is 2. The Morgan fingerprint density at radius 1 is 0.909 bits per heavy atom. The van der Waals surface area contributed by atoms with Gasteiger partial charge >= 0.3 is 0 Å². The van der Waals surface area contributed by atoms with Gasteiger partial charge in [0.1, 0.15) is 11.3 Å². The molecule has 33 heavy (non-hydrogen) atoms. The van der Waals surface area contributed by atoms with E-state index in [-0.39, 0.29) is 0 Å². The number of rotatable bonds is 4. The normalized spacial score (nSPS) is 14.3. The number of hydrogen-bond acceptors (Lipinski definition) is 5. The maximum Gasteiger partial charge on any atom is 0.139 e. The van der Waals surface area contributed by atoms with E-state index in [0.29, 0.717) is 0 Å². The van der Waals surface area contributed by atoms with Gasteiger partial charge in [0, 0.05) is 61.6 Å². The van der Waals surface area contributed by atoms with E-state index in [1.165, 1.54) is 24.9 Å². The monoisotopic (exact) mass is 437 g/mol. The van der Waals surface area contributed by atoms with Gasteiger partial charge in [-0.15, -0.1) is 0 Å². The number of pyridine rings is 2. The van der Waals surface area contributed by atoms with Crippen LogP contribution in [0.5, 0.6) is 0 Å². The van der Waals surface area contributed by atoms with Crippen molar-refractivity contribution in [2.24, 2.45) is 0 Å². The Morgan fingerprint density at radius 3 is 2.64 bits per heavy atom. The van der Waals surface area contributed by atoms with Crippen molar-refractivity contribution in [1.29, 1.82) is 0 Å². The van der Waals surface area contributed by atoms with Crippen LogP contribution in [0.2, 0.25) is 0 Å². The molecule has 0 saturated carbocycles. The van der Waals surface area contributed by atoms with Crippen molar-refractivity contribution in [3.8, 4) is 22.5 Å². The van der Waals surface area contributed by atoms with E-state index in [0.717, 1.165) is 63.2 Å². The standard InChI is InChI=1S/C26H27N7/c1-32(2)19-12-18(15-27-16-19)17-6-7-22-20(13-17)25(31-30-22)23-14-21-24(8-9-28-26(21)29-23)33-10-4-3-5-11-33/h6-9,12-16H,3-5,10-11H2,1-2H3,(H,28,29)(H,30,31). The van der Waals surface area contributed by atoms with Gasteiger partial charge in [-0.2, -0.15) is 5.10 Å². The Bertz CT molecular complexity index is 1440. The summed E-state index contributed by atoms with van der Waals surface area (Å²) in [7, 11) is 4.06. The molecule has 5 heterocycles. The zero-order chi connectivity index (χ0) is 22.4. The number of nitrogens with zero attached hydrogens (tertiary/aromatic N) is 5. The zero-order valence-electron chi connectivity index (χ0n) is 19.0. The fourth-order valence-corrected chi connectivity index (χ4v) is 4.78. The summed E-state index contributed by atoms with van der Waals surface area (Å²) in [5.74, 6) is 0. The highest BCUT2D eigenvalue weighted by Gasteiger charge is 2.18. The first-order valence-electron chi connectivity index (χ1n) is 11.5. The summed E-state index contributed by atoms with van der Waals surface area (Å²) in [6, 6.07) is 12.9. The summed E-state index contributed by atoms with van der Waals surface area (Å²) >= 11 is 0. The molecular formula is C26H27N7. The minimum Gasteiger partial charge on any atom is -0.376 e. The van der Waals surface area contributed by atoms with Crippen LogP contribution in [0, 0.1) is 0 Å². The van der Waals surface area contributed by atoms with Crippen LogP contribution in [0.4, 0.5) is 11.4 Å². The second kappa shape index (κ2) is 7.92. The molecule has 0 atom stereocenters. The van der Waals surface area contributed by atoms with Crippen LogP contribution in [-0.2, 0) is 0 Å². The van der Waals surface area contributed by atoms with E-state index in [1.807, 2.05) is 32.7 Å². The number of benzene rings is 1. The van der Waals surface area contributed by atoms with Gasteiger partial charge in [0.2, 0.25) is 0 Å². The average molecular weight is 438 g/mol. The first-order valence-corrected chi connectivity index (χ1v) is 11.5. The molecule has 166 valence electrons. The van der Waals surface area contributed by atoms with Gasteiger partial charge in [-0.3, -0.25) is 10.1 Å². The lowest BCUT2D eigenvalue weighted by Crippen LogP contribution is -2.29.